The SMILES string of the molecule is CCOC(=O)CC1(N2CCCCC2)CCC(C)(C)CC1. The Morgan fingerprint density at radius 2 is 1.65 bits per heavy atom. The van der Waals surface area contributed by atoms with Gasteiger partial charge in [-0.1, -0.05) is 20.3 Å². The number of rotatable bonds is 4. The zero-order valence-electron chi connectivity index (χ0n) is 13.5. The number of esters is 1. The van der Waals surface area contributed by atoms with Crippen molar-refractivity contribution in [3.63, 3.8) is 0 Å². The van der Waals surface area contributed by atoms with E-state index in [-0.39, 0.29) is 11.5 Å². The van der Waals surface area contributed by atoms with Gasteiger partial charge in [0.1, 0.15) is 0 Å². The summed E-state index contributed by atoms with van der Waals surface area (Å²) in [6.07, 6.45) is 9.26. The Morgan fingerprint density at radius 3 is 2.20 bits per heavy atom. The van der Waals surface area contributed by atoms with Crippen LogP contribution in [0.15, 0.2) is 0 Å². The quantitative estimate of drug-likeness (QED) is 0.735. The number of hydrogen-bond acceptors (Lipinski definition) is 3. The highest BCUT2D eigenvalue weighted by Crippen LogP contribution is 2.45. The van der Waals surface area contributed by atoms with Crippen LogP contribution >= 0.6 is 0 Å². The van der Waals surface area contributed by atoms with E-state index in [1.54, 1.807) is 0 Å². The summed E-state index contributed by atoms with van der Waals surface area (Å²) in [4.78, 5) is 14.7. The van der Waals surface area contributed by atoms with Crippen LogP contribution in [0.4, 0.5) is 0 Å². The number of carbonyl (C=O) groups excluding carboxylic acids is 1. The molecule has 116 valence electrons. The van der Waals surface area contributed by atoms with E-state index < -0.39 is 0 Å². The standard InChI is InChI=1S/C17H31NO2/c1-4-20-15(19)14-17(18-12-6-5-7-13-18)10-8-16(2,3)9-11-17/h4-14H2,1-3H3. The maximum atomic E-state index is 12.1. The van der Waals surface area contributed by atoms with Gasteiger partial charge in [-0.15, -0.1) is 0 Å². The van der Waals surface area contributed by atoms with E-state index in [9.17, 15) is 4.79 Å². The minimum absolute atomic E-state index is 0.00206. The van der Waals surface area contributed by atoms with Crippen LogP contribution in [-0.2, 0) is 9.53 Å². The van der Waals surface area contributed by atoms with Crippen LogP contribution in [-0.4, -0.2) is 36.1 Å². The molecule has 1 aliphatic carbocycles. The Kier molecular flexibility index (Phi) is 5.11. The summed E-state index contributed by atoms with van der Waals surface area (Å²) in [6, 6.07) is 0. The predicted octanol–water partition coefficient (Wildman–Crippen LogP) is 3.76. The summed E-state index contributed by atoms with van der Waals surface area (Å²) in [5.41, 5.74) is 0.524. The van der Waals surface area contributed by atoms with Crippen molar-refractivity contribution in [2.24, 2.45) is 5.41 Å². The molecule has 0 spiro atoms. The Balaban J connectivity index is 2.08. The van der Waals surface area contributed by atoms with Crippen LogP contribution in [0.25, 0.3) is 0 Å². The maximum absolute atomic E-state index is 12.1. The minimum Gasteiger partial charge on any atom is -0.466 e. The van der Waals surface area contributed by atoms with E-state index in [0.29, 0.717) is 18.4 Å². The molecule has 3 heteroatoms. The highest BCUT2D eigenvalue weighted by Gasteiger charge is 2.44. The summed E-state index contributed by atoms with van der Waals surface area (Å²) in [7, 11) is 0. The van der Waals surface area contributed by atoms with Gasteiger partial charge in [-0.25, -0.2) is 0 Å². The summed E-state index contributed by atoms with van der Waals surface area (Å²) < 4.78 is 5.25. The Morgan fingerprint density at radius 1 is 1.05 bits per heavy atom. The molecule has 1 aliphatic heterocycles. The number of ether oxygens (including phenoxy) is 1. The van der Waals surface area contributed by atoms with E-state index in [1.165, 1.54) is 45.2 Å². The predicted molar refractivity (Wildman–Crippen MR) is 81.7 cm³/mol. The molecule has 2 fully saturated rings. The van der Waals surface area contributed by atoms with Crippen molar-refractivity contribution in [1.82, 2.24) is 4.90 Å². The van der Waals surface area contributed by atoms with Crippen molar-refractivity contribution in [2.45, 2.75) is 77.7 Å². The molecule has 2 rings (SSSR count). The molecule has 0 aromatic heterocycles. The van der Waals surface area contributed by atoms with Crippen molar-refractivity contribution in [2.75, 3.05) is 19.7 Å². The number of carbonyl (C=O) groups is 1. The van der Waals surface area contributed by atoms with Crippen molar-refractivity contribution in [3.05, 3.63) is 0 Å². The molecule has 1 saturated carbocycles. The Hall–Kier alpha value is -0.570. The molecule has 2 aliphatic rings. The first-order valence-electron chi connectivity index (χ1n) is 8.38. The largest absolute Gasteiger partial charge is 0.466 e. The first-order chi connectivity index (χ1) is 9.47. The molecule has 0 amide bonds. The van der Waals surface area contributed by atoms with Crippen LogP contribution in [0.1, 0.15) is 72.1 Å². The molecule has 0 radical (unpaired) electrons. The van der Waals surface area contributed by atoms with Crippen LogP contribution in [0.2, 0.25) is 0 Å². The Labute approximate surface area is 124 Å². The van der Waals surface area contributed by atoms with Gasteiger partial charge in [-0.3, -0.25) is 9.69 Å². The lowest BCUT2D eigenvalue weighted by molar-refractivity contribution is -0.148. The fraction of sp³-hybridized carbons (Fsp3) is 0.941. The molecule has 20 heavy (non-hydrogen) atoms. The molecule has 1 saturated heterocycles. The van der Waals surface area contributed by atoms with Crippen LogP contribution in [0.5, 0.6) is 0 Å². The molecule has 1 heterocycles. The molecule has 0 bridgehead atoms. The normalized spacial score (nSPS) is 26.1. The van der Waals surface area contributed by atoms with Gasteiger partial charge in [0, 0.05) is 5.54 Å². The third-order valence-electron chi connectivity index (χ3n) is 5.34. The smallest absolute Gasteiger partial charge is 0.307 e. The summed E-state index contributed by atoms with van der Waals surface area (Å²) in [5, 5.41) is 0. The maximum Gasteiger partial charge on any atom is 0.307 e. The molecular formula is C17H31NO2. The van der Waals surface area contributed by atoms with Gasteiger partial charge in [0.25, 0.3) is 0 Å². The monoisotopic (exact) mass is 281 g/mol. The van der Waals surface area contributed by atoms with Crippen molar-refractivity contribution in [3.8, 4) is 0 Å². The average Bonchev–Trinajstić information content (AvgIpc) is 2.43. The summed E-state index contributed by atoms with van der Waals surface area (Å²) in [6.45, 7) is 9.45. The van der Waals surface area contributed by atoms with E-state index >= 15 is 0 Å². The topological polar surface area (TPSA) is 29.5 Å². The van der Waals surface area contributed by atoms with Crippen molar-refractivity contribution in [1.29, 1.82) is 0 Å². The number of nitrogens with zero attached hydrogens (tertiary/aromatic N) is 1. The zero-order chi connectivity index (χ0) is 14.6. The first-order valence-corrected chi connectivity index (χ1v) is 8.38. The van der Waals surface area contributed by atoms with Gasteiger partial charge in [0.05, 0.1) is 13.0 Å². The lowest BCUT2D eigenvalue weighted by atomic mass is 9.67. The van der Waals surface area contributed by atoms with Gasteiger partial charge in [0.15, 0.2) is 0 Å². The highest BCUT2D eigenvalue weighted by atomic mass is 16.5. The summed E-state index contributed by atoms with van der Waals surface area (Å²) in [5.74, 6) is -0.00206. The third-order valence-corrected chi connectivity index (χ3v) is 5.34. The minimum atomic E-state index is -0.00206. The van der Waals surface area contributed by atoms with Crippen LogP contribution in [0.3, 0.4) is 0 Å². The van der Waals surface area contributed by atoms with Gasteiger partial charge in [0.2, 0.25) is 0 Å². The van der Waals surface area contributed by atoms with E-state index in [1.807, 2.05) is 6.92 Å². The molecular weight excluding hydrogens is 250 g/mol. The van der Waals surface area contributed by atoms with Crippen molar-refractivity contribution < 1.29 is 9.53 Å². The second-order valence-corrected chi connectivity index (χ2v) is 7.42. The van der Waals surface area contributed by atoms with Crippen molar-refractivity contribution >= 4 is 5.97 Å². The highest BCUT2D eigenvalue weighted by molar-refractivity contribution is 5.71. The lowest BCUT2D eigenvalue weighted by Crippen LogP contribution is -2.55. The fourth-order valence-electron chi connectivity index (χ4n) is 3.85. The molecule has 3 nitrogen and oxygen atoms in total. The molecule has 0 unspecified atom stereocenters. The Bertz CT molecular complexity index is 322. The second kappa shape index (κ2) is 6.46. The molecule has 0 aromatic rings. The van der Waals surface area contributed by atoms with Crippen LogP contribution < -0.4 is 0 Å². The fourth-order valence-corrected chi connectivity index (χ4v) is 3.85. The van der Waals surface area contributed by atoms with E-state index in [0.717, 1.165) is 12.8 Å². The molecule has 0 aromatic carbocycles. The summed E-state index contributed by atoms with van der Waals surface area (Å²) >= 11 is 0. The first kappa shape index (κ1) is 15.8. The average molecular weight is 281 g/mol. The molecule has 0 N–H and O–H groups in total. The lowest BCUT2D eigenvalue weighted by Gasteiger charge is -2.51. The third kappa shape index (κ3) is 3.75. The van der Waals surface area contributed by atoms with Gasteiger partial charge in [-0.05, 0) is 64.0 Å². The van der Waals surface area contributed by atoms with Gasteiger partial charge in [-0.2, -0.15) is 0 Å². The second-order valence-electron chi connectivity index (χ2n) is 7.42. The van der Waals surface area contributed by atoms with Gasteiger partial charge >= 0.3 is 5.97 Å². The zero-order valence-corrected chi connectivity index (χ0v) is 13.5. The number of hydrogen-bond donors (Lipinski definition) is 0. The number of piperidine rings is 1. The van der Waals surface area contributed by atoms with Crippen LogP contribution in [0, 0.1) is 5.41 Å². The number of likely N-dealkylation sites (tertiary alicyclic amines) is 1. The van der Waals surface area contributed by atoms with E-state index in [4.69, 9.17) is 4.74 Å². The van der Waals surface area contributed by atoms with E-state index in [2.05, 4.69) is 18.7 Å². The van der Waals surface area contributed by atoms with Gasteiger partial charge < -0.3 is 4.74 Å². The molecule has 0 atom stereocenters.